The van der Waals surface area contributed by atoms with Crippen LogP contribution < -0.4 is 5.32 Å². The van der Waals surface area contributed by atoms with Crippen LogP contribution in [0.4, 0.5) is 0 Å². The molecule has 0 aromatic heterocycles. The second kappa shape index (κ2) is 5.21. The summed E-state index contributed by atoms with van der Waals surface area (Å²) in [5.74, 6) is -1.50. The summed E-state index contributed by atoms with van der Waals surface area (Å²) in [5.41, 5.74) is 1.24. The topological polar surface area (TPSA) is 66.4 Å². The van der Waals surface area contributed by atoms with Crippen molar-refractivity contribution in [3.05, 3.63) is 35.9 Å². The van der Waals surface area contributed by atoms with Gasteiger partial charge in [0.1, 0.15) is 6.42 Å². The lowest BCUT2D eigenvalue weighted by molar-refractivity contribution is -0.140. The van der Waals surface area contributed by atoms with E-state index in [0.717, 1.165) is 19.3 Å². The maximum Gasteiger partial charge on any atom is 0.312 e. The molecule has 1 aromatic carbocycles. The van der Waals surface area contributed by atoms with Crippen molar-refractivity contribution in [1.29, 1.82) is 0 Å². The van der Waals surface area contributed by atoms with Gasteiger partial charge in [-0.05, 0) is 18.4 Å². The standard InChI is InChI=1S/C14H17NO3/c16-12(9-13(17)18)15-10-14(7-4-8-14)11-5-2-1-3-6-11/h1-3,5-6H,4,7-10H2,(H,15,16)(H,17,18). The van der Waals surface area contributed by atoms with Gasteiger partial charge in [-0.2, -0.15) is 0 Å². The third-order valence-corrected chi connectivity index (χ3v) is 3.63. The molecule has 1 aromatic rings. The Morgan fingerprint density at radius 2 is 1.89 bits per heavy atom. The maximum atomic E-state index is 11.4. The highest BCUT2D eigenvalue weighted by Crippen LogP contribution is 2.43. The molecule has 0 saturated heterocycles. The minimum absolute atomic E-state index is 0.00935. The highest BCUT2D eigenvalue weighted by Gasteiger charge is 2.38. The summed E-state index contributed by atoms with van der Waals surface area (Å²) >= 11 is 0. The number of nitrogens with one attached hydrogen (secondary N) is 1. The number of carboxylic acid groups (broad SMARTS) is 1. The van der Waals surface area contributed by atoms with E-state index in [4.69, 9.17) is 5.11 Å². The minimum atomic E-state index is -1.09. The Balaban J connectivity index is 1.98. The van der Waals surface area contributed by atoms with Gasteiger partial charge in [-0.1, -0.05) is 36.8 Å². The fraction of sp³-hybridized carbons (Fsp3) is 0.429. The highest BCUT2D eigenvalue weighted by atomic mass is 16.4. The van der Waals surface area contributed by atoms with Crippen LogP contribution in [0.1, 0.15) is 31.2 Å². The molecule has 96 valence electrons. The molecule has 2 rings (SSSR count). The van der Waals surface area contributed by atoms with E-state index >= 15 is 0 Å². The van der Waals surface area contributed by atoms with Gasteiger partial charge in [-0.25, -0.2) is 0 Å². The first kappa shape index (κ1) is 12.6. The predicted octanol–water partition coefficient (Wildman–Crippen LogP) is 1.70. The predicted molar refractivity (Wildman–Crippen MR) is 67.2 cm³/mol. The third-order valence-electron chi connectivity index (χ3n) is 3.63. The van der Waals surface area contributed by atoms with Crippen LogP contribution in [0.2, 0.25) is 0 Å². The van der Waals surface area contributed by atoms with E-state index in [0.29, 0.717) is 6.54 Å². The normalized spacial score (nSPS) is 16.7. The molecular weight excluding hydrogens is 230 g/mol. The van der Waals surface area contributed by atoms with Crippen molar-refractivity contribution in [2.24, 2.45) is 0 Å². The lowest BCUT2D eigenvalue weighted by atomic mass is 9.64. The number of hydrogen-bond acceptors (Lipinski definition) is 2. The van der Waals surface area contributed by atoms with Gasteiger partial charge < -0.3 is 10.4 Å². The van der Waals surface area contributed by atoms with Crippen LogP contribution >= 0.6 is 0 Å². The molecule has 1 amide bonds. The van der Waals surface area contributed by atoms with Crippen LogP contribution in [0, 0.1) is 0 Å². The Morgan fingerprint density at radius 3 is 2.39 bits per heavy atom. The smallest absolute Gasteiger partial charge is 0.312 e. The fourth-order valence-electron chi connectivity index (χ4n) is 2.43. The summed E-state index contributed by atoms with van der Waals surface area (Å²) in [6.45, 7) is 0.531. The van der Waals surface area contributed by atoms with E-state index in [1.807, 2.05) is 18.2 Å². The summed E-state index contributed by atoms with van der Waals surface area (Å²) < 4.78 is 0. The molecule has 4 heteroatoms. The monoisotopic (exact) mass is 247 g/mol. The molecule has 0 unspecified atom stereocenters. The quantitative estimate of drug-likeness (QED) is 0.778. The molecule has 18 heavy (non-hydrogen) atoms. The van der Waals surface area contributed by atoms with Crippen LogP contribution in [0.15, 0.2) is 30.3 Å². The fourth-order valence-corrected chi connectivity index (χ4v) is 2.43. The first-order valence-electron chi connectivity index (χ1n) is 6.16. The molecule has 0 radical (unpaired) electrons. The van der Waals surface area contributed by atoms with Gasteiger partial charge in [-0.15, -0.1) is 0 Å². The number of rotatable bonds is 5. The van der Waals surface area contributed by atoms with Gasteiger partial charge in [0.2, 0.25) is 5.91 Å². The molecule has 1 fully saturated rings. The van der Waals surface area contributed by atoms with Gasteiger partial charge in [-0.3, -0.25) is 9.59 Å². The SMILES string of the molecule is O=C(O)CC(=O)NCC1(c2ccccc2)CCC1. The van der Waals surface area contributed by atoms with Crippen molar-refractivity contribution in [2.45, 2.75) is 31.1 Å². The maximum absolute atomic E-state index is 11.4. The molecule has 0 atom stereocenters. The Labute approximate surface area is 106 Å². The molecule has 1 aliphatic rings. The summed E-state index contributed by atoms with van der Waals surface area (Å²) in [7, 11) is 0. The average molecular weight is 247 g/mol. The van der Waals surface area contributed by atoms with Crippen LogP contribution in [0.25, 0.3) is 0 Å². The zero-order valence-corrected chi connectivity index (χ0v) is 10.2. The first-order chi connectivity index (χ1) is 8.62. The molecule has 1 aliphatic carbocycles. The van der Waals surface area contributed by atoms with E-state index < -0.39 is 18.3 Å². The summed E-state index contributed by atoms with van der Waals surface area (Å²) in [5, 5.41) is 11.3. The van der Waals surface area contributed by atoms with Crippen molar-refractivity contribution in [3.63, 3.8) is 0 Å². The van der Waals surface area contributed by atoms with Gasteiger partial charge in [0.05, 0.1) is 0 Å². The van der Waals surface area contributed by atoms with E-state index in [1.165, 1.54) is 5.56 Å². The molecule has 0 aliphatic heterocycles. The van der Waals surface area contributed by atoms with Crippen molar-refractivity contribution >= 4 is 11.9 Å². The first-order valence-corrected chi connectivity index (χ1v) is 6.16. The minimum Gasteiger partial charge on any atom is -0.481 e. The molecule has 4 nitrogen and oxygen atoms in total. The zero-order valence-electron chi connectivity index (χ0n) is 10.2. The van der Waals surface area contributed by atoms with Crippen LogP contribution in [-0.2, 0) is 15.0 Å². The second-order valence-corrected chi connectivity index (χ2v) is 4.85. The average Bonchev–Trinajstić information content (AvgIpc) is 2.28. The van der Waals surface area contributed by atoms with E-state index in [9.17, 15) is 9.59 Å². The van der Waals surface area contributed by atoms with E-state index in [-0.39, 0.29) is 5.41 Å². The Hall–Kier alpha value is -1.84. The van der Waals surface area contributed by atoms with E-state index in [2.05, 4.69) is 17.4 Å². The van der Waals surface area contributed by atoms with Gasteiger partial charge >= 0.3 is 5.97 Å². The highest BCUT2D eigenvalue weighted by molar-refractivity contribution is 5.93. The Bertz CT molecular complexity index is 438. The molecule has 0 spiro atoms. The van der Waals surface area contributed by atoms with Crippen molar-refractivity contribution in [1.82, 2.24) is 5.32 Å². The Kier molecular flexibility index (Phi) is 3.65. The van der Waals surface area contributed by atoms with E-state index in [1.54, 1.807) is 0 Å². The second-order valence-electron chi connectivity index (χ2n) is 4.85. The number of carbonyl (C=O) groups excluding carboxylic acids is 1. The molecule has 1 saturated carbocycles. The molecule has 0 bridgehead atoms. The molecule has 2 N–H and O–H groups in total. The zero-order chi connectivity index (χ0) is 13.0. The molecular formula is C14H17NO3. The van der Waals surface area contributed by atoms with Crippen LogP contribution in [-0.4, -0.2) is 23.5 Å². The molecule has 0 heterocycles. The van der Waals surface area contributed by atoms with Crippen molar-refractivity contribution < 1.29 is 14.7 Å². The number of amides is 1. The summed E-state index contributed by atoms with van der Waals surface area (Å²) in [6, 6.07) is 10.1. The number of carboxylic acids is 1. The number of hydrogen-bond donors (Lipinski definition) is 2. The summed E-state index contributed by atoms with van der Waals surface area (Å²) in [6.07, 6.45) is 2.79. The van der Waals surface area contributed by atoms with Gasteiger partial charge in [0, 0.05) is 12.0 Å². The van der Waals surface area contributed by atoms with Crippen molar-refractivity contribution in [3.8, 4) is 0 Å². The van der Waals surface area contributed by atoms with Gasteiger partial charge in [0.15, 0.2) is 0 Å². The number of benzene rings is 1. The Morgan fingerprint density at radius 1 is 1.22 bits per heavy atom. The third kappa shape index (κ3) is 2.70. The van der Waals surface area contributed by atoms with Crippen LogP contribution in [0.5, 0.6) is 0 Å². The van der Waals surface area contributed by atoms with Crippen LogP contribution in [0.3, 0.4) is 0 Å². The largest absolute Gasteiger partial charge is 0.481 e. The van der Waals surface area contributed by atoms with Crippen molar-refractivity contribution in [2.75, 3.05) is 6.54 Å². The number of aliphatic carboxylic acids is 1. The van der Waals surface area contributed by atoms with Gasteiger partial charge in [0.25, 0.3) is 0 Å². The summed E-state index contributed by atoms with van der Waals surface area (Å²) in [4.78, 5) is 21.8. The number of carbonyl (C=O) groups is 2. The lowest BCUT2D eigenvalue weighted by Crippen LogP contribution is -2.45. The lowest BCUT2D eigenvalue weighted by Gasteiger charge is -2.42.